The van der Waals surface area contributed by atoms with Gasteiger partial charge in [-0.15, -0.1) is 0 Å². The summed E-state index contributed by atoms with van der Waals surface area (Å²) in [7, 11) is 0. The Bertz CT molecular complexity index is 484. The maximum absolute atomic E-state index is 12.1. The summed E-state index contributed by atoms with van der Waals surface area (Å²) in [6, 6.07) is 1.40. The van der Waals surface area contributed by atoms with Crippen molar-refractivity contribution in [1.29, 1.82) is 0 Å². The number of nitrogens with zero attached hydrogens (tertiary/aromatic N) is 2. The van der Waals surface area contributed by atoms with Crippen LogP contribution in [-0.2, 0) is 0 Å². The quantitative estimate of drug-likeness (QED) is 0.272. The molecule has 1 aromatic rings. The number of amides is 1. The van der Waals surface area contributed by atoms with Crippen molar-refractivity contribution in [2.45, 2.75) is 32.2 Å². The number of carbonyl (C=O) groups is 1. The largest absolute Gasteiger partial charge is 0.505 e. The zero-order chi connectivity index (χ0) is 14.5. The third kappa shape index (κ3) is 2.93. The molecule has 1 heterocycles. The van der Waals surface area contributed by atoms with Crippen molar-refractivity contribution in [1.82, 2.24) is 10.3 Å². The fourth-order valence-corrected chi connectivity index (χ4v) is 1.81. The molecule has 0 aliphatic carbocycles. The minimum Gasteiger partial charge on any atom is -0.505 e. The van der Waals surface area contributed by atoms with Crippen molar-refractivity contribution >= 4 is 11.7 Å². The Labute approximate surface area is 111 Å². The van der Waals surface area contributed by atoms with Crippen LogP contribution in [0.4, 0.5) is 0 Å². The lowest BCUT2D eigenvalue weighted by atomic mass is 9.91. The lowest BCUT2D eigenvalue weighted by molar-refractivity contribution is 0.0915. The SMILES string of the molecule is CCC(CC)(NC(=O)c1ccncc1O)/C(N)=N/O. The predicted octanol–water partition coefficient (Wildman–Crippen LogP) is 0.822. The normalized spacial score (nSPS) is 12.2. The Morgan fingerprint density at radius 3 is 2.63 bits per heavy atom. The Kier molecular flexibility index (Phi) is 4.68. The number of nitrogens with two attached hydrogens (primary N) is 1. The van der Waals surface area contributed by atoms with E-state index < -0.39 is 11.4 Å². The molecule has 0 aromatic carbocycles. The Morgan fingerprint density at radius 1 is 1.53 bits per heavy atom. The minimum atomic E-state index is -0.943. The maximum atomic E-state index is 12.1. The third-order valence-electron chi connectivity index (χ3n) is 3.20. The highest BCUT2D eigenvalue weighted by Crippen LogP contribution is 2.19. The van der Waals surface area contributed by atoms with E-state index in [-0.39, 0.29) is 17.1 Å². The van der Waals surface area contributed by atoms with Crippen LogP contribution in [0.5, 0.6) is 5.75 Å². The van der Waals surface area contributed by atoms with Crippen molar-refractivity contribution in [2.24, 2.45) is 10.9 Å². The van der Waals surface area contributed by atoms with Gasteiger partial charge in [0, 0.05) is 6.20 Å². The van der Waals surface area contributed by atoms with Gasteiger partial charge in [0.1, 0.15) is 11.3 Å². The molecule has 0 saturated carbocycles. The summed E-state index contributed by atoms with van der Waals surface area (Å²) in [5.41, 5.74) is 4.80. The first kappa shape index (κ1) is 14.7. The average molecular weight is 266 g/mol. The van der Waals surface area contributed by atoms with Crippen LogP contribution in [0.25, 0.3) is 0 Å². The molecule has 1 aromatic heterocycles. The molecule has 5 N–H and O–H groups in total. The zero-order valence-corrected chi connectivity index (χ0v) is 10.9. The van der Waals surface area contributed by atoms with Crippen LogP contribution >= 0.6 is 0 Å². The van der Waals surface area contributed by atoms with Gasteiger partial charge in [-0.05, 0) is 18.9 Å². The Morgan fingerprint density at radius 2 is 2.16 bits per heavy atom. The van der Waals surface area contributed by atoms with Gasteiger partial charge in [-0.1, -0.05) is 19.0 Å². The molecule has 104 valence electrons. The van der Waals surface area contributed by atoms with E-state index in [9.17, 15) is 9.90 Å². The highest BCUT2D eigenvalue weighted by molar-refractivity contribution is 6.01. The molecule has 7 nitrogen and oxygen atoms in total. The maximum Gasteiger partial charge on any atom is 0.255 e. The van der Waals surface area contributed by atoms with E-state index in [2.05, 4.69) is 15.5 Å². The number of pyridine rings is 1. The minimum absolute atomic E-state index is 0.0700. The smallest absolute Gasteiger partial charge is 0.255 e. The number of amidine groups is 1. The molecule has 1 amide bonds. The van der Waals surface area contributed by atoms with Crippen molar-refractivity contribution in [2.75, 3.05) is 0 Å². The van der Waals surface area contributed by atoms with E-state index in [1.807, 2.05) is 13.8 Å². The van der Waals surface area contributed by atoms with Gasteiger partial charge in [-0.2, -0.15) is 0 Å². The van der Waals surface area contributed by atoms with Crippen molar-refractivity contribution in [3.05, 3.63) is 24.0 Å². The van der Waals surface area contributed by atoms with Gasteiger partial charge in [0.25, 0.3) is 5.91 Å². The summed E-state index contributed by atoms with van der Waals surface area (Å²) in [6.07, 6.45) is 3.49. The first-order valence-electron chi connectivity index (χ1n) is 5.94. The summed E-state index contributed by atoms with van der Waals surface area (Å²) in [6.45, 7) is 3.63. The van der Waals surface area contributed by atoms with Crippen LogP contribution < -0.4 is 11.1 Å². The van der Waals surface area contributed by atoms with Gasteiger partial charge in [0.05, 0.1) is 11.8 Å². The number of nitrogens with one attached hydrogen (secondary N) is 1. The molecule has 1 rings (SSSR count). The summed E-state index contributed by atoms with van der Waals surface area (Å²) in [5.74, 6) is -0.796. The molecule has 0 aliphatic heterocycles. The highest BCUT2D eigenvalue weighted by Gasteiger charge is 2.34. The summed E-state index contributed by atoms with van der Waals surface area (Å²) < 4.78 is 0. The fraction of sp³-hybridized carbons (Fsp3) is 0.417. The molecule has 19 heavy (non-hydrogen) atoms. The van der Waals surface area contributed by atoms with Crippen LogP contribution in [0.15, 0.2) is 23.6 Å². The van der Waals surface area contributed by atoms with E-state index >= 15 is 0 Å². The van der Waals surface area contributed by atoms with Crippen molar-refractivity contribution in [3.8, 4) is 5.75 Å². The molecular formula is C12H18N4O3. The standard InChI is InChI=1S/C12H18N4O3/c1-3-12(4-2,11(13)16-19)15-10(18)8-5-6-14-7-9(8)17/h5-7,17,19H,3-4H2,1-2H3,(H2,13,16)(H,15,18). The average Bonchev–Trinajstić information content (AvgIpc) is 2.44. The number of aromatic nitrogens is 1. The first-order valence-corrected chi connectivity index (χ1v) is 5.94. The molecule has 0 saturated heterocycles. The second kappa shape index (κ2) is 6.03. The van der Waals surface area contributed by atoms with Gasteiger partial charge in [0.15, 0.2) is 5.84 Å². The molecule has 0 radical (unpaired) electrons. The van der Waals surface area contributed by atoms with E-state index in [4.69, 9.17) is 10.9 Å². The van der Waals surface area contributed by atoms with Gasteiger partial charge in [-0.25, -0.2) is 0 Å². The van der Waals surface area contributed by atoms with Crippen LogP contribution in [-0.4, -0.2) is 32.6 Å². The van der Waals surface area contributed by atoms with Gasteiger partial charge >= 0.3 is 0 Å². The molecule has 0 atom stereocenters. The molecule has 7 heteroatoms. The monoisotopic (exact) mass is 266 g/mol. The summed E-state index contributed by atoms with van der Waals surface area (Å²) in [5, 5.41) is 24.1. The van der Waals surface area contributed by atoms with Crippen molar-refractivity contribution in [3.63, 3.8) is 0 Å². The van der Waals surface area contributed by atoms with E-state index in [0.29, 0.717) is 12.8 Å². The van der Waals surface area contributed by atoms with Crippen molar-refractivity contribution < 1.29 is 15.1 Å². The Hall–Kier alpha value is -2.31. The third-order valence-corrected chi connectivity index (χ3v) is 3.20. The Balaban J connectivity index is 3.05. The van der Waals surface area contributed by atoms with Crippen LogP contribution in [0.3, 0.4) is 0 Å². The topological polar surface area (TPSA) is 121 Å². The van der Waals surface area contributed by atoms with Crippen LogP contribution in [0.1, 0.15) is 37.0 Å². The highest BCUT2D eigenvalue weighted by atomic mass is 16.4. The number of hydrogen-bond donors (Lipinski definition) is 4. The predicted molar refractivity (Wildman–Crippen MR) is 70.1 cm³/mol. The van der Waals surface area contributed by atoms with E-state index in [1.54, 1.807) is 0 Å². The lowest BCUT2D eigenvalue weighted by Gasteiger charge is -2.31. The summed E-state index contributed by atoms with van der Waals surface area (Å²) >= 11 is 0. The van der Waals surface area contributed by atoms with E-state index in [0.717, 1.165) is 0 Å². The van der Waals surface area contributed by atoms with Crippen LogP contribution in [0.2, 0.25) is 0 Å². The molecular weight excluding hydrogens is 248 g/mol. The number of hydrogen-bond acceptors (Lipinski definition) is 5. The summed E-state index contributed by atoms with van der Waals surface area (Å²) in [4.78, 5) is 15.8. The first-order chi connectivity index (χ1) is 9.00. The molecule has 0 spiro atoms. The second-order valence-corrected chi connectivity index (χ2v) is 4.12. The zero-order valence-electron chi connectivity index (χ0n) is 10.9. The number of carbonyl (C=O) groups excluding carboxylic acids is 1. The number of rotatable bonds is 5. The lowest BCUT2D eigenvalue weighted by Crippen LogP contribution is -2.56. The number of oxime groups is 1. The molecule has 0 bridgehead atoms. The van der Waals surface area contributed by atoms with E-state index in [1.165, 1.54) is 18.5 Å². The molecule has 0 aliphatic rings. The number of aromatic hydroxyl groups is 1. The van der Waals surface area contributed by atoms with Crippen LogP contribution in [0, 0.1) is 0 Å². The molecule has 0 unspecified atom stereocenters. The fourth-order valence-electron chi connectivity index (χ4n) is 1.81. The van der Waals surface area contributed by atoms with Gasteiger partial charge < -0.3 is 21.4 Å². The van der Waals surface area contributed by atoms with Gasteiger partial charge in [0.2, 0.25) is 0 Å². The molecule has 0 fully saturated rings. The second-order valence-electron chi connectivity index (χ2n) is 4.12. The van der Waals surface area contributed by atoms with Gasteiger partial charge in [-0.3, -0.25) is 9.78 Å².